The van der Waals surface area contributed by atoms with Gasteiger partial charge in [-0.1, -0.05) is 0 Å². The van der Waals surface area contributed by atoms with Crippen LogP contribution in [0.3, 0.4) is 0 Å². The Kier molecular flexibility index (Phi) is 4.91. The predicted octanol–water partition coefficient (Wildman–Crippen LogP) is 2.19. The molecule has 0 bridgehead atoms. The lowest BCUT2D eigenvalue weighted by atomic mass is 10.00. The van der Waals surface area contributed by atoms with E-state index in [1.165, 1.54) is 38.6 Å². The third-order valence-corrected chi connectivity index (χ3v) is 4.45. The molecule has 0 radical (unpaired) electrons. The van der Waals surface area contributed by atoms with Gasteiger partial charge < -0.3 is 15.5 Å². The number of piperidine rings is 2. The molecular weight excluding hydrogens is 262 g/mol. The zero-order chi connectivity index (χ0) is 14.5. The van der Waals surface area contributed by atoms with Gasteiger partial charge in [-0.05, 0) is 58.0 Å². The molecule has 21 heavy (non-hydrogen) atoms. The summed E-state index contributed by atoms with van der Waals surface area (Å²) in [6.07, 6.45) is 6.45. The summed E-state index contributed by atoms with van der Waals surface area (Å²) < 4.78 is 0. The van der Waals surface area contributed by atoms with Gasteiger partial charge in [0.2, 0.25) is 5.95 Å². The van der Waals surface area contributed by atoms with Crippen LogP contribution in [0.2, 0.25) is 0 Å². The van der Waals surface area contributed by atoms with E-state index in [2.05, 4.69) is 33.5 Å². The maximum Gasteiger partial charge on any atom is 0.227 e. The van der Waals surface area contributed by atoms with Gasteiger partial charge in [-0.3, -0.25) is 0 Å². The van der Waals surface area contributed by atoms with E-state index in [1.807, 2.05) is 0 Å². The molecule has 1 aromatic heterocycles. The summed E-state index contributed by atoms with van der Waals surface area (Å²) in [4.78, 5) is 11.7. The first-order valence-corrected chi connectivity index (χ1v) is 8.36. The largest absolute Gasteiger partial charge is 0.370 e. The van der Waals surface area contributed by atoms with Crippen molar-refractivity contribution < 1.29 is 0 Å². The molecule has 2 aliphatic heterocycles. The summed E-state index contributed by atoms with van der Waals surface area (Å²) in [6.45, 7) is 7.54. The molecule has 2 saturated heterocycles. The van der Waals surface area contributed by atoms with Gasteiger partial charge in [0, 0.05) is 31.4 Å². The molecule has 1 atom stereocenters. The molecule has 1 aromatic rings. The number of nitrogens with one attached hydrogen (secondary N) is 2. The van der Waals surface area contributed by atoms with Crippen molar-refractivity contribution in [3.8, 4) is 0 Å². The second-order valence-electron chi connectivity index (χ2n) is 6.34. The van der Waals surface area contributed by atoms with Crippen LogP contribution in [-0.4, -0.2) is 42.7 Å². The smallest absolute Gasteiger partial charge is 0.227 e. The van der Waals surface area contributed by atoms with E-state index < -0.39 is 0 Å². The van der Waals surface area contributed by atoms with Crippen LogP contribution in [0.1, 0.15) is 37.8 Å². The highest BCUT2D eigenvalue weighted by Gasteiger charge is 2.16. The van der Waals surface area contributed by atoms with Crippen molar-refractivity contribution in [2.75, 3.05) is 42.9 Å². The fraction of sp³-hybridized carbons (Fsp3) is 0.750. The lowest BCUT2D eigenvalue weighted by Crippen LogP contribution is -2.34. The number of nitrogens with zero attached hydrogens (tertiary/aromatic N) is 3. The Morgan fingerprint density at radius 3 is 2.86 bits per heavy atom. The highest BCUT2D eigenvalue weighted by molar-refractivity contribution is 5.43. The highest BCUT2D eigenvalue weighted by Crippen LogP contribution is 2.19. The van der Waals surface area contributed by atoms with E-state index >= 15 is 0 Å². The van der Waals surface area contributed by atoms with Crippen LogP contribution in [0, 0.1) is 12.8 Å². The van der Waals surface area contributed by atoms with Crippen molar-refractivity contribution in [1.82, 2.24) is 15.3 Å². The van der Waals surface area contributed by atoms with Crippen LogP contribution in [0.4, 0.5) is 11.8 Å². The molecule has 0 unspecified atom stereocenters. The van der Waals surface area contributed by atoms with Crippen molar-refractivity contribution >= 4 is 11.8 Å². The minimum Gasteiger partial charge on any atom is -0.370 e. The van der Waals surface area contributed by atoms with Crippen LogP contribution in [0.5, 0.6) is 0 Å². The average molecular weight is 289 g/mol. The number of aryl methyl sites for hydroxylation is 1. The van der Waals surface area contributed by atoms with Crippen LogP contribution < -0.4 is 15.5 Å². The van der Waals surface area contributed by atoms with Gasteiger partial charge in [0.15, 0.2) is 0 Å². The first-order chi connectivity index (χ1) is 10.3. The number of rotatable bonds is 4. The first-order valence-electron chi connectivity index (χ1n) is 8.36. The summed E-state index contributed by atoms with van der Waals surface area (Å²) in [5, 5.41) is 6.98. The predicted molar refractivity (Wildman–Crippen MR) is 86.9 cm³/mol. The second kappa shape index (κ2) is 7.07. The number of aromatic nitrogens is 2. The van der Waals surface area contributed by atoms with Crippen molar-refractivity contribution in [3.05, 3.63) is 11.8 Å². The topological polar surface area (TPSA) is 53.1 Å². The molecule has 3 heterocycles. The number of hydrogen-bond acceptors (Lipinski definition) is 5. The van der Waals surface area contributed by atoms with Crippen LogP contribution in [-0.2, 0) is 0 Å². The van der Waals surface area contributed by atoms with Crippen molar-refractivity contribution in [2.24, 2.45) is 5.92 Å². The Morgan fingerprint density at radius 1 is 1.24 bits per heavy atom. The Morgan fingerprint density at radius 2 is 2.10 bits per heavy atom. The molecule has 0 saturated carbocycles. The normalized spacial score (nSPS) is 23.1. The average Bonchev–Trinajstić information content (AvgIpc) is 2.54. The summed E-state index contributed by atoms with van der Waals surface area (Å²) in [6, 6.07) is 2.06. The van der Waals surface area contributed by atoms with Gasteiger partial charge in [-0.2, -0.15) is 4.98 Å². The van der Waals surface area contributed by atoms with Gasteiger partial charge in [0.25, 0.3) is 0 Å². The Hall–Kier alpha value is -1.36. The molecule has 0 aromatic carbocycles. The van der Waals surface area contributed by atoms with Gasteiger partial charge in [-0.15, -0.1) is 0 Å². The molecule has 2 N–H and O–H groups in total. The fourth-order valence-electron chi connectivity index (χ4n) is 3.23. The second-order valence-corrected chi connectivity index (χ2v) is 6.34. The summed E-state index contributed by atoms with van der Waals surface area (Å²) in [5.41, 5.74) is 1.05. The Labute approximate surface area is 127 Å². The van der Waals surface area contributed by atoms with Crippen LogP contribution in [0.15, 0.2) is 6.07 Å². The van der Waals surface area contributed by atoms with Crippen LogP contribution >= 0.6 is 0 Å². The molecule has 0 amide bonds. The summed E-state index contributed by atoms with van der Waals surface area (Å²) >= 11 is 0. The zero-order valence-corrected chi connectivity index (χ0v) is 13.1. The molecule has 0 aliphatic carbocycles. The van der Waals surface area contributed by atoms with Gasteiger partial charge >= 0.3 is 0 Å². The molecule has 116 valence electrons. The highest BCUT2D eigenvalue weighted by atomic mass is 15.3. The molecule has 5 nitrogen and oxygen atoms in total. The quantitative estimate of drug-likeness (QED) is 0.890. The van der Waals surface area contributed by atoms with Crippen molar-refractivity contribution in [3.63, 3.8) is 0 Å². The zero-order valence-electron chi connectivity index (χ0n) is 13.1. The molecule has 2 fully saturated rings. The fourth-order valence-corrected chi connectivity index (χ4v) is 3.23. The molecule has 2 aliphatic rings. The Balaban J connectivity index is 1.62. The number of hydrogen-bond donors (Lipinski definition) is 2. The van der Waals surface area contributed by atoms with E-state index in [9.17, 15) is 0 Å². The van der Waals surface area contributed by atoms with E-state index in [0.717, 1.165) is 43.6 Å². The maximum absolute atomic E-state index is 4.72. The van der Waals surface area contributed by atoms with E-state index in [0.29, 0.717) is 5.92 Å². The third kappa shape index (κ3) is 4.06. The Bertz CT molecular complexity index is 450. The van der Waals surface area contributed by atoms with Gasteiger partial charge in [0.05, 0.1) is 0 Å². The van der Waals surface area contributed by atoms with Gasteiger partial charge in [0.1, 0.15) is 5.82 Å². The SMILES string of the molecule is Cc1cc(NC[C@H]2CCCNC2)nc(N2CCCCC2)n1. The lowest BCUT2D eigenvalue weighted by Gasteiger charge is -2.27. The summed E-state index contributed by atoms with van der Waals surface area (Å²) in [5.74, 6) is 2.60. The van der Waals surface area contributed by atoms with E-state index in [1.54, 1.807) is 0 Å². The minimum absolute atomic E-state index is 0.715. The van der Waals surface area contributed by atoms with E-state index in [-0.39, 0.29) is 0 Å². The molecule has 3 rings (SSSR count). The van der Waals surface area contributed by atoms with E-state index in [4.69, 9.17) is 4.98 Å². The van der Waals surface area contributed by atoms with Crippen molar-refractivity contribution in [2.45, 2.75) is 39.0 Å². The first kappa shape index (κ1) is 14.6. The molecule has 5 heteroatoms. The van der Waals surface area contributed by atoms with Crippen LogP contribution in [0.25, 0.3) is 0 Å². The molecule has 0 spiro atoms. The standard InChI is InChI=1S/C16H27N5/c1-13-10-15(18-12-14-6-5-7-17-11-14)20-16(19-13)21-8-3-2-4-9-21/h10,14,17H,2-9,11-12H2,1H3,(H,18,19,20)/t14-/m0/s1. The monoisotopic (exact) mass is 289 g/mol. The maximum atomic E-state index is 4.72. The number of anilines is 2. The minimum atomic E-state index is 0.715. The molecular formula is C16H27N5. The van der Waals surface area contributed by atoms with Crippen molar-refractivity contribution in [1.29, 1.82) is 0 Å². The third-order valence-electron chi connectivity index (χ3n) is 4.45. The van der Waals surface area contributed by atoms with Gasteiger partial charge in [-0.25, -0.2) is 4.98 Å². The summed E-state index contributed by atoms with van der Waals surface area (Å²) in [7, 11) is 0. The lowest BCUT2D eigenvalue weighted by molar-refractivity contribution is 0.392.